The minimum absolute atomic E-state index is 0. The van der Waals surface area contributed by atoms with Crippen molar-refractivity contribution in [2.75, 3.05) is 26.4 Å². The molecule has 0 saturated heterocycles. The van der Waals surface area contributed by atoms with Gasteiger partial charge in [-0.2, -0.15) is 0 Å². The number of rotatable bonds is 21. The number of benzene rings is 6. The van der Waals surface area contributed by atoms with Crippen molar-refractivity contribution in [2.24, 2.45) is 0 Å². The third-order valence-electron chi connectivity index (χ3n) is 16.0. The maximum absolute atomic E-state index is 13.8. The number of phenols is 1. The Morgan fingerprint density at radius 3 is 1.22 bits per heavy atom. The van der Waals surface area contributed by atoms with Gasteiger partial charge in [0.15, 0.2) is 22.9 Å². The molecule has 1 aliphatic carbocycles. The van der Waals surface area contributed by atoms with Crippen LogP contribution in [0.25, 0.3) is 0 Å². The van der Waals surface area contributed by atoms with Gasteiger partial charge in [0.25, 0.3) is 0 Å². The van der Waals surface area contributed by atoms with Crippen molar-refractivity contribution < 1.29 is 55.6 Å². The van der Waals surface area contributed by atoms with Crippen molar-refractivity contribution in [3.8, 4) is 46.0 Å². The van der Waals surface area contributed by atoms with Crippen molar-refractivity contribution in [1.82, 2.24) is 0 Å². The van der Waals surface area contributed by atoms with E-state index in [1.54, 1.807) is 0 Å². The second-order valence-corrected chi connectivity index (χ2v) is 23.3. The molecule has 412 valence electrons. The molecule has 2 unspecified atom stereocenters. The Labute approximate surface area is 479 Å². The Bertz CT molecular complexity index is 2830. The molecular formula is C65H78Cl2O8PRu+. The molecule has 0 radical (unpaired) electrons. The number of hydrogen-bond acceptors (Lipinski definition) is 8. The molecule has 4 aliphatic rings. The molecule has 77 heavy (non-hydrogen) atoms. The van der Waals surface area contributed by atoms with Crippen molar-refractivity contribution in [2.45, 2.75) is 154 Å². The van der Waals surface area contributed by atoms with Crippen LogP contribution in [0.1, 0.15) is 199 Å². The molecule has 0 aromatic heterocycles. The Morgan fingerprint density at radius 1 is 0.468 bits per heavy atom. The van der Waals surface area contributed by atoms with Crippen LogP contribution in [-0.4, -0.2) is 31.6 Å². The predicted octanol–water partition coefficient (Wildman–Crippen LogP) is 16.9. The van der Waals surface area contributed by atoms with E-state index in [4.69, 9.17) is 44.8 Å². The molecule has 6 aromatic rings. The molecule has 0 saturated carbocycles. The summed E-state index contributed by atoms with van der Waals surface area (Å²) in [4.78, 5) is 0. The van der Waals surface area contributed by atoms with Crippen molar-refractivity contribution in [3.05, 3.63) is 155 Å². The van der Waals surface area contributed by atoms with Crippen LogP contribution >= 0.6 is 29.2 Å². The molecule has 6 aromatic carbocycles. The van der Waals surface area contributed by atoms with E-state index in [2.05, 4.69) is 141 Å². The fourth-order valence-corrected chi connectivity index (χ4v) is 15.2. The summed E-state index contributed by atoms with van der Waals surface area (Å²) < 4.78 is 47.3. The number of aromatic hydroxyl groups is 1. The zero-order chi connectivity index (χ0) is 53.0. The van der Waals surface area contributed by atoms with E-state index in [1.165, 1.54) is 0 Å². The van der Waals surface area contributed by atoms with Crippen LogP contribution in [0.2, 0.25) is 0 Å². The Balaban J connectivity index is 0.00000258. The van der Waals surface area contributed by atoms with Gasteiger partial charge in [0.05, 0.1) is 0 Å². The molecule has 10 rings (SSSR count). The normalized spacial score (nSPS) is 17.4. The fraction of sp³-hybridized carbons (Fsp3) is 0.431. The zero-order valence-electron chi connectivity index (χ0n) is 45.7. The first-order valence-electron chi connectivity index (χ1n) is 28.0. The fourth-order valence-electron chi connectivity index (χ4n) is 12.3. The van der Waals surface area contributed by atoms with Crippen LogP contribution < -0.4 is 49.1 Å². The van der Waals surface area contributed by atoms with E-state index < -0.39 is 7.92 Å². The van der Waals surface area contributed by atoms with Gasteiger partial charge in [0.1, 0.15) is 53.0 Å². The van der Waals surface area contributed by atoms with Crippen LogP contribution in [0.3, 0.4) is 0 Å². The molecule has 12 heteroatoms. The standard InChI is InChI=1S/C64H74ClO8P.CH3.ClH.Ru/c1-5-9-15-27-44-48-31-49-45(28-16-10-6-2)51-33-53-47(30-18-12-8-4)55-34-54-46(29-17-11-7-3)52-32-50(44)57(35-56(52)67-38-65)68-39-69-58(48)36-59(49)70-40-71-60(51)37-61(53)72-41-73-63(55)64(62(54)66)74(42-23-19-13-20-24-42)43-25-21-14-22-26-43;;;/h13-14,19-26,31-37,44-47,66H,5-12,15-18,27-30,38-41H2,1-4H3;1H3;1H;/q;-1;;+2/t44?,45?,46-,47-;;;/m1.../s1. The number of phenolic OH excluding ortho intramolecular Hbond substituents is 1. The van der Waals surface area contributed by atoms with Crippen LogP contribution in [0, 0.1) is 7.43 Å². The number of halogens is 2. The summed E-state index contributed by atoms with van der Waals surface area (Å²) in [6.45, 7) is 9.03. The van der Waals surface area contributed by atoms with E-state index in [9.17, 15) is 5.11 Å². The van der Waals surface area contributed by atoms with Gasteiger partial charge in [0.2, 0.25) is 20.4 Å². The topological polar surface area (TPSA) is 84.8 Å². The van der Waals surface area contributed by atoms with E-state index in [0.717, 1.165) is 192 Å². The van der Waals surface area contributed by atoms with E-state index in [0.29, 0.717) is 11.5 Å². The monoisotopic (exact) mass is 1190 g/mol. The molecule has 0 fully saturated rings. The molecular weight excluding hydrogens is 1110 g/mol. The van der Waals surface area contributed by atoms with Gasteiger partial charge in [-0.25, -0.2) is 0 Å². The van der Waals surface area contributed by atoms with Crippen LogP contribution in [0.4, 0.5) is 0 Å². The third kappa shape index (κ3) is 12.7. The first-order valence-corrected chi connectivity index (χ1v) is 32.2. The average molecular weight is 1190 g/mol. The summed E-state index contributed by atoms with van der Waals surface area (Å²) in [6.07, 6.45) is 16.0. The molecule has 0 spiro atoms. The number of fused-ring (bicyclic) bond motifs is 2. The SMILES string of the molecule is CCCCCC1c2cc3c4cc2OCOc2cc(OCCl)c(cc21)[C@@H](CCCCC)c1cc2c(c([PH+](c5ccccc5)c5ccccc5)c1O)OCOc1cc(c(cc1[C@H]2CCCCC)C3CCCCC)OCO4.[CH3-].[Cl][Ru+]. The molecule has 3 aliphatic heterocycles. The van der Waals surface area contributed by atoms with Crippen molar-refractivity contribution in [1.29, 1.82) is 0 Å². The Morgan fingerprint density at radius 2 is 0.818 bits per heavy atom. The number of unbranched alkanes of at least 4 members (excludes halogenated alkanes) is 8. The van der Waals surface area contributed by atoms with E-state index >= 15 is 0 Å². The van der Waals surface area contributed by atoms with Gasteiger partial charge in [-0.05, 0) is 74.2 Å². The first kappa shape index (κ1) is 58.5. The molecule has 8 nitrogen and oxygen atoms in total. The molecule has 3 heterocycles. The van der Waals surface area contributed by atoms with E-state index in [-0.39, 0.29) is 63.3 Å². The van der Waals surface area contributed by atoms with Crippen molar-refractivity contribution in [3.63, 3.8) is 0 Å². The summed E-state index contributed by atoms with van der Waals surface area (Å²) in [5, 5.41) is 17.0. The van der Waals surface area contributed by atoms with Crippen LogP contribution in [0.5, 0.6) is 46.0 Å². The Kier molecular flexibility index (Phi) is 21.6. The molecule has 1 N–H and O–H groups in total. The van der Waals surface area contributed by atoms with Crippen molar-refractivity contribution >= 4 is 45.1 Å². The van der Waals surface area contributed by atoms with Gasteiger partial charge >= 0.3 is 27.0 Å². The second-order valence-electron chi connectivity index (χ2n) is 20.7. The molecule has 0 amide bonds. The van der Waals surface area contributed by atoms with Gasteiger partial charge in [-0.15, -0.1) is 0 Å². The van der Waals surface area contributed by atoms with Gasteiger partial charge in [-0.3, -0.25) is 0 Å². The van der Waals surface area contributed by atoms with Crippen LogP contribution in [0.15, 0.2) is 103 Å². The summed E-state index contributed by atoms with van der Waals surface area (Å²) in [7, 11) is 2.63. The summed E-state index contributed by atoms with van der Waals surface area (Å²) in [6, 6.07) is 37.2. The molecule has 4 atom stereocenters. The second kappa shape index (κ2) is 28.5. The van der Waals surface area contributed by atoms with Gasteiger partial charge in [-0.1, -0.05) is 153 Å². The molecule has 8 bridgehead atoms. The minimum atomic E-state index is -1.94. The maximum atomic E-state index is 13.8. The quantitative estimate of drug-likeness (QED) is 0.0251. The average Bonchev–Trinajstić information content (AvgIpc) is 3.46. The number of ether oxygens (including phenoxy) is 7. The number of alkyl halides is 1. The Hall–Kier alpha value is -4.65. The number of hydrogen-bond donors (Lipinski definition) is 1. The zero-order valence-corrected chi connectivity index (χ0v) is 49.9. The first-order chi connectivity index (χ1) is 37.5. The predicted molar refractivity (Wildman–Crippen MR) is 313 cm³/mol. The van der Waals surface area contributed by atoms with E-state index in [1.807, 2.05) is 17.3 Å². The summed E-state index contributed by atoms with van der Waals surface area (Å²) >= 11 is 8.46. The van der Waals surface area contributed by atoms with Crippen LogP contribution in [-0.2, 0) is 17.3 Å². The summed E-state index contributed by atoms with van der Waals surface area (Å²) in [5.74, 6) is 4.79. The summed E-state index contributed by atoms with van der Waals surface area (Å²) in [5.41, 5.74) is 8.55. The third-order valence-corrected chi connectivity index (χ3v) is 18.9. The van der Waals surface area contributed by atoms with Gasteiger partial charge < -0.3 is 45.7 Å². The van der Waals surface area contributed by atoms with Gasteiger partial charge in [0, 0.05) is 86.4 Å².